The fourth-order valence-corrected chi connectivity index (χ4v) is 1.77. The molecule has 2 rings (SSSR count). The molecule has 1 aromatic carbocycles. The van der Waals surface area contributed by atoms with Crippen molar-refractivity contribution >= 4 is 11.8 Å². The minimum absolute atomic E-state index is 0.186. The second kappa shape index (κ2) is 4.45. The number of rotatable bonds is 3. The highest BCUT2D eigenvalue weighted by molar-refractivity contribution is 6.13. The van der Waals surface area contributed by atoms with Gasteiger partial charge in [-0.15, -0.1) is 0 Å². The van der Waals surface area contributed by atoms with Crippen molar-refractivity contribution in [3.63, 3.8) is 0 Å². The molecule has 1 heterocycles. The van der Waals surface area contributed by atoms with E-state index in [1.165, 1.54) is 0 Å². The summed E-state index contributed by atoms with van der Waals surface area (Å²) in [6.07, 6.45) is 0. The van der Waals surface area contributed by atoms with Gasteiger partial charge in [-0.25, -0.2) is 8.78 Å². The maximum atomic E-state index is 13.5. The third kappa shape index (κ3) is 1.78. The number of carbonyl (C=O) groups is 2. The van der Waals surface area contributed by atoms with Gasteiger partial charge in [0.05, 0.1) is 25.9 Å². The van der Waals surface area contributed by atoms with Crippen LogP contribution in [0.1, 0.15) is 10.4 Å². The van der Waals surface area contributed by atoms with E-state index in [2.05, 4.69) is 4.74 Å². The summed E-state index contributed by atoms with van der Waals surface area (Å²) in [5.74, 6) is -3.25. The Kier molecular flexibility index (Phi) is 3.13. The van der Waals surface area contributed by atoms with Crippen molar-refractivity contribution in [3.8, 4) is 0 Å². The van der Waals surface area contributed by atoms with Gasteiger partial charge in [0.25, 0.3) is 0 Å². The van der Waals surface area contributed by atoms with Crippen molar-refractivity contribution in [1.29, 1.82) is 0 Å². The minimum atomic E-state index is -1.55. The van der Waals surface area contributed by atoms with Crippen molar-refractivity contribution < 1.29 is 27.8 Å². The van der Waals surface area contributed by atoms with E-state index in [1.54, 1.807) is 0 Å². The van der Waals surface area contributed by atoms with E-state index in [4.69, 9.17) is 4.74 Å². The topological polar surface area (TPSA) is 52.6 Å². The summed E-state index contributed by atoms with van der Waals surface area (Å²) in [5.41, 5.74) is -2.02. The summed E-state index contributed by atoms with van der Waals surface area (Å²) in [5, 5.41) is 0. The molecule has 0 saturated carbocycles. The molecule has 0 unspecified atom stereocenters. The first-order valence-electron chi connectivity index (χ1n) is 5.17. The molecule has 0 radical (unpaired) electrons. The van der Waals surface area contributed by atoms with Gasteiger partial charge in [-0.2, -0.15) is 0 Å². The molecule has 0 amide bonds. The van der Waals surface area contributed by atoms with Gasteiger partial charge >= 0.3 is 5.97 Å². The van der Waals surface area contributed by atoms with E-state index in [0.29, 0.717) is 0 Å². The number of carbonyl (C=O) groups excluding carboxylic acids is 2. The molecular formula is C12H10F2O4. The first-order valence-corrected chi connectivity index (χ1v) is 5.17. The Morgan fingerprint density at radius 1 is 1.33 bits per heavy atom. The standard InChI is InChI=1S/C12H10F2O4/c1-17-11(16)12(5-18-6-12)10(15)8-4-7(13)2-3-9(8)14/h2-4H,5-6H2,1H3. The first-order chi connectivity index (χ1) is 8.51. The summed E-state index contributed by atoms with van der Waals surface area (Å²) in [6.45, 7) is -0.372. The van der Waals surface area contributed by atoms with Crippen molar-refractivity contribution in [1.82, 2.24) is 0 Å². The number of Topliss-reactive ketones (excluding diaryl/α,β-unsaturated/α-hetero) is 1. The van der Waals surface area contributed by atoms with E-state index in [0.717, 1.165) is 25.3 Å². The smallest absolute Gasteiger partial charge is 0.324 e. The van der Waals surface area contributed by atoms with Crippen molar-refractivity contribution in [2.75, 3.05) is 20.3 Å². The Bertz CT molecular complexity index is 509. The molecule has 96 valence electrons. The zero-order valence-electron chi connectivity index (χ0n) is 9.54. The Hall–Kier alpha value is -1.82. The Labute approximate surface area is 101 Å². The van der Waals surface area contributed by atoms with E-state index < -0.39 is 34.4 Å². The quantitative estimate of drug-likeness (QED) is 0.465. The van der Waals surface area contributed by atoms with Crippen LogP contribution in [-0.2, 0) is 14.3 Å². The molecule has 1 aliphatic rings. The summed E-state index contributed by atoms with van der Waals surface area (Å²) < 4.78 is 35.9. The van der Waals surface area contributed by atoms with Crippen LogP contribution >= 0.6 is 0 Å². The Balaban J connectivity index is 2.41. The SMILES string of the molecule is COC(=O)C1(C(=O)c2cc(F)ccc2F)COC1. The third-order valence-corrected chi connectivity index (χ3v) is 2.88. The van der Waals surface area contributed by atoms with Gasteiger partial charge < -0.3 is 9.47 Å². The minimum Gasteiger partial charge on any atom is -0.468 e. The highest BCUT2D eigenvalue weighted by Gasteiger charge is 2.54. The van der Waals surface area contributed by atoms with E-state index >= 15 is 0 Å². The number of benzene rings is 1. The van der Waals surface area contributed by atoms with Gasteiger partial charge in [-0.05, 0) is 18.2 Å². The second-order valence-corrected chi connectivity index (χ2v) is 4.02. The van der Waals surface area contributed by atoms with Crippen LogP contribution in [0.2, 0.25) is 0 Å². The fourth-order valence-electron chi connectivity index (χ4n) is 1.77. The van der Waals surface area contributed by atoms with Crippen LogP contribution in [0.15, 0.2) is 18.2 Å². The lowest BCUT2D eigenvalue weighted by molar-refractivity contribution is -0.172. The van der Waals surface area contributed by atoms with Crippen LogP contribution in [0.25, 0.3) is 0 Å². The molecule has 0 spiro atoms. The summed E-state index contributed by atoms with van der Waals surface area (Å²) in [7, 11) is 1.12. The lowest BCUT2D eigenvalue weighted by Crippen LogP contribution is -2.55. The van der Waals surface area contributed by atoms with Gasteiger partial charge in [0.15, 0.2) is 11.2 Å². The van der Waals surface area contributed by atoms with Crippen LogP contribution in [0, 0.1) is 17.0 Å². The molecule has 6 heteroatoms. The zero-order chi connectivity index (χ0) is 13.3. The number of esters is 1. The molecule has 0 aromatic heterocycles. The number of ether oxygens (including phenoxy) is 2. The summed E-state index contributed by atoms with van der Waals surface area (Å²) in [4.78, 5) is 23.7. The second-order valence-electron chi connectivity index (χ2n) is 4.02. The van der Waals surface area contributed by atoms with Gasteiger partial charge in [0.2, 0.25) is 0 Å². The van der Waals surface area contributed by atoms with Crippen LogP contribution in [-0.4, -0.2) is 32.1 Å². The average Bonchev–Trinajstić information content (AvgIpc) is 2.30. The van der Waals surface area contributed by atoms with Crippen molar-refractivity contribution in [2.24, 2.45) is 5.41 Å². The van der Waals surface area contributed by atoms with E-state index in [-0.39, 0.29) is 13.2 Å². The predicted octanol–water partition coefficient (Wildman–Crippen LogP) is 1.34. The van der Waals surface area contributed by atoms with Crippen molar-refractivity contribution in [3.05, 3.63) is 35.4 Å². The highest BCUT2D eigenvalue weighted by Crippen LogP contribution is 2.34. The third-order valence-electron chi connectivity index (χ3n) is 2.88. The molecule has 0 atom stereocenters. The average molecular weight is 256 g/mol. The van der Waals surface area contributed by atoms with Gasteiger partial charge in [-0.1, -0.05) is 0 Å². The first kappa shape index (κ1) is 12.6. The number of ketones is 1. The van der Waals surface area contributed by atoms with Crippen LogP contribution in [0.5, 0.6) is 0 Å². The number of hydrogen-bond acceptors (Lipinski definition) is 4. The molecular weight excluding hydrogens is 246 g/mol. The summed E-state index contributed by atoms with van der Waals surface area (Å²) in [6, 6.07) is 2.50. The lowest BCUT2D eigenvalue weighted by Gasteiger charge is -2.36. The highest BCUT2D eigenvalue weighted by atomic mass is 19.1. The van der Waals surface area contributed by atoms with Crippen molar-refractivity contribution in [2.45, 2.75) is 0 Å². The monoisotopic (exact) mass is 256 g/mol. The Morgan fingerprint density at radius 3 is 2.50 bits per heavy atom. The maximum absolute atomic E-state index is 13.5. The van der Waals surface area contributed by atoms with Crippen LogP contribution in [0.3, 0.4) is 0 Å². The maximum Gasteiger partial charge on any atom is 0.324 e. The molecule has 0 aliphatic carbocycles. The largest absolute Gasteiger partial charge is 0.468 e. The molecule has 4 nitrogen and oxygen atoms in total. The normalized spacial score (nSPS) is 16.8. The molecule has 1 aliphatic heterocycles. The molecule has 1 saturated heterocycles. The van der Waals surface area contributed by atoms with Crippen LogP contribution in [0.4, 0.5) is 8.78 Å². The summed E-state index contributed by atoms with van der Waals surface area (Å²) >= 11 is 0. The number of hydrogen-bond donors (Lipinski definition) is 0. The lowest BCUT2D eigenvalue weighted by atomic mass is 9.78. The number of methoxy groups -OCH3 is 1. The van der Waals surface area contributed by atoms with E-state index in [1.807, 2.05) is 0 Å². The molecule has 0 N–H and O–H groups in total. The fraction of sp³-hybridized carbons (Fsp3) is 0.333. The zero-order valence-corrected chi connectivity index (χ0v) is 9.54. The van der Waals surface area contributed by atoms with Gasteiger partial charge in [-0.3, -0.25) is 9.59 Å². The molecule has 18 heavy (non-hydrogen) atoms. The molecule has 1 fully saturated rings. The van der Waals surface area contributed by atoms with E-state index in [9.17, 15) is 18.4 Å². The Morgan fingerprint density at radius 2 is 2.00 bits per heavy atom. The predicted molar refractivity (Wildman–Crippen MR) is 56.0 cm³/mol. The van der Waals surface area contributed by atoms with Gasteiger partial charge in [0.1, 0.15) is 11.6 Å². The molecule has 0 bridgehead atoms. The van der Waals surface area contributed by atoms with Gasteiger partial charge in [0, 0.05) is 0 Å². The number of halogens is 2. The molecule has 1 aromatic rings. The van der Waals surface area contributed by atoms with Crippen LogP contribution < -0.4 is 0 Å².